The average Bonchev–Trinajstić information content (AvgIpc) is 2.82. The first-order valence-electron chi connectivity index (χ1n) is 7.12. The molecule has 0 spiro atoms. The van der Waals surface area contributed by atoms with Gasteiger partial charge in [-0.25, -0.2) is 4.79 Å². The number of thiophene rings is 1. The molecule has 1 heterocycles. The van der Waals surface area contributed by atoms with Crippen LogP contribution in [0.25, 0.3) is 0 Å². The number of hydrogen-bond acceptors (Lipinski definition) is 4. The molecule has 1 fully saturated rings. The van der Waals surface area contributed by atoms with Gasteiger partial charge in [-0.2, -0.15) is 0 Å². The van der Waals surface area contributed by atoms with E-state index in [1.54, 1.807) is 11.3 Å². The second-order valence-electron chi connectivity index (χ2n) is 5.15. The van der Waals surface area contributed by atoms with Gasteiger partial charge in [0.1, 0.15) is 0 Å². The molecule has 1 aliphatic carbocycles. The number of methoxy groups -OCH3 is 1. The summed E-state index contributed by atoms with van der Waals surface area (Å²) in [7, 11) is 1.44. The third kappa shape index (κ3) is 2.94. The lowest BCUT2D eigenvalue weighted by Crippen LogP contribution is -2.36. The van der Waals surface area contributed by atoms with Crippen molar-refractivity contribution in [1.29, 1.82) is 0 Å². The smallest absolute Gasteiger partial charge is 0.339 e. The molecule has 0 atom stereocenters. The monoisotopic (exact) mass is 281 g/mol. The molecule has 0 saturated heterocycles. The van der Waals surface area contributed by atoms with Crippen LogP contribution in [0.2, 0.25) is 0 Å². The molecule has 1 aliphatic rings. The number of esters is 1. The molecule has 0 bridgehead atoms. The quantitative estimate of drug-likeness (QED) is 0.781. The molecule has 106 valence electrons. The van der Waals surface area contributed by atoms with Gasteiger partial charge in [0.25, 0.3) is 0 Å². The van der Waals surface area contributed by atoms with Gasteiger partial charge in [0, 0.05) is 18.0 Å². The molecule has 3 nitrogen and oxygen atoms in total. The van der Waals surface area contributed by atoms with Crippen molar-refractivity contribution in [3.05, 3.63) is 16.5 Å². The Balaban J connectivity index is 2.23. The summed E-state index contributed by atoms with van der Waals surface area (Å²) in [6.45, 7) is 5.24. The number of carbonyl (C=O) groups is 1. The highest BCUT2D eigenvalue weighted by molar-refractivity contribution is 7.14. The van der Waals surface area contributed by atoms with Gasteiger partial charge in [-0.15, -0.1) is 11.3 Å². The summed E-state index contributed by atoms with van der Waals surface area (Å²) in [6, 6.07) is 0.640. The van der Waals surface area contributed by atoms with Gasteiger partial charge < -0.3 is 9.64 Å². The Bertz CT molecular complexity index is 435. The zero-order chi connectivity index (χ0) is 13.8. The average molecular weight is 281 g/mol. The number of rotatable bonds is 4. The molecule has 0 unspecified atom stereocenters. The maximum atomic E-state index is 11.7. The van der Waals surface area contributed by atoms with E-state index in [0.29, 0.717) is 6.04 Å². The van der Waals surface area contributed by atoms with E-state index in [1.165, 1.54) is 44.2 Å². The van der Waals surface area contributed by atoms with E-state index < -0.39 is 0 Å². The molecule has 19 heavy (non-hydrogen) atoms. The van der Waals surface area contributed by atoms with Crippen molar-refractivity contribution in [2.75, 3.05) is 18.6 Å². The van der Waals surface area contributed by atoms with Gasteiger partial charge in [0.15, 0.2) is 0 Å². The lowest BCUT2D eigenvalue weighted by Gasteiger charge is -2.35. The molecule has 4 heteroatoms. The van der Waals surface area contributed by atoms with Crippen LogP contribution in [0.15, 0.2) is 5.38 Å². The fraction of sp³-hybridized carbons (Fsp3) is 0.667. The minimum atomic E-state index is -0.223. The zero-order valence-corrected chi connectivity index (χ0v) is 12.9. The lowest BCUT2D eigenvalue weighted by atomic mass is 9.94. The van der Waals surface area contributed by atoms with Gasteiger partial charge in [0.05, 0.1) is 17.7 Å². The molecule has 0 aromatic carbocycles. The SMILES string of the molecule is CCN(c1scc(C(=O)OC)c1C)C1CCCCC1. The first kappa shape index (κ1) is 14.4. The van der Waals surface area contributed by atoms with Crippen LogP contribution in [0.4, 0.5) is 5.00 Å². The molecule has 2 rings (SSSR count). The van der Waals surface area contributed by atoms with Crippen molar-refractivity contribution in [1.82, 2.24) is 0 Å². The topological polar surface area (TPSA) is 29.5 Å². The van der Waals surface area contributed by atoms with E-state index in [-0.39, 0.29) is 5.97 Å². The fourth-order valence-electron chi connectivity index (χ4n) is 2.96. The maximum Gasteiger partial charge on any atom is 0.339 e. The number of hydrogen-bond donors (Lipinski definition) is 0. The lowest BCUT2D eigenvalue weighted by molar-refractivity contribution is 0.0600. The Morgan fingerprint density at radius 3 is 2.68 bits per heavy atom. The second kappa shape index (κ2) is 6.42. The Morgan fingerprint density at radius 2 is 2.11 bits per heavy atom. The van der Waals surface area contributed by atoms with Crippen LogP contribution in [-0.2, 0) is 4.74 Å². The zero-order valence-electron chi connectivity index (χ0n) is 12.1. The van der Waals surface area contributed by atoms with E-state index in [0.717, 1.165) is 17.7 Å². The van der Waals surface area contributed by atoms with Crippen LogP contribution >= 0.6 is 11.3 Å². The van der Waals surface area contributed by atoms with Crippen LogP contribution in [0, 0.1) is 6.92 Å². The fourth-order valence-corrected chi connectivity index (χ4v) is 4.16. The second-order valence-corrected chi connectivity index (χ2v) is 6.01. The Kier molecular flexibility index (Phi) is 4.86. The van der Waals surface area contributed by atoms with Crippen LogP contribution in [0.1, 0.15) is 54.9 Å². The van der Waals surface area contributed by atoms with Crippen LogP contribution in [0.5, 0.6) is 0 Å². The van der Waals surface area contributed by atoms with Crippen molar-refractivity contribution in [3.8, 4) is 0 Å². The summed E-state index contributed by atoms with van der Waals surface area (Å²) in [5.41, 5.74) is 1.79. The number of carbonyl (C=O) groups excluding carboxylic acids is 1. The third-order valence-corrected chi connectivity index (χ3v) is 5.15. The Labute approximate surface area is 119 Å². The minimum absolute atomic E-state index is 0.223. The van der Waals surface area contributed by atoms with Crippen LogP contribution < -0.4 is 4.90 Å². The van der Waals surface area contributed by atoms with E-state index in [1.807, 2.05) is 12.3 Å². The molecule has 1 saturated carbocycles. The van der Waals surface area contributed by atoms with Gasteiger partial charge in [-0.05, 0) is 32.3 Å². The Hall–Kier alpha value is -1.03. The molecule has 1 aromatic rings. The molecule has 0 N–H and O–H groups in total. The highest BCUT2D eigenvalue weighted by Crippen LogP contribution is 2.35. The highest BCUT2D eigenvalue weighted by atomic mass is 32.1. The summed E-state index contributed by atoms with van der Waals surface area (Å²) in [6.07, 6.45) is 6.58. The summed E-state index contributed by atoms with van der Waals surface area (Å²) < 4.78 is 4.84. The first-order chi connectivity index (χ1) is 9.19. The number of nitrogens with zero attached hydrogens (tertiary/aromatic N) is 1. The van der Waals surface area contributed by atoms with Crippen molar-refractivity contribution in [2.24, 2.45) is 0 Å². The highest BCUT2D eigenvalue weighted by Gasteiger charge is 2.24. The summed E-state index contributed by atoms with van der Waals surface area (Å²) in [5.74, 6) is -0.223. The minimum Gasteiger partial charge on any atom is -0.465 e. The predicted octanol–water partition coefficient (Wildman–Crippen LogP) is 4.00. The van der Waals surface area contributed by atoms with Gasteiger partial charge in [-0.3, -0.25) is 0 Å². The van der Waals surface area contributed by atoms with Crippen molar-refractivity contribution in [2.45, 2.75) is 52.0 Å². The molecule has 1 aromatic heterocycles. The summed E-state index contributed by atoms with van der Waals surface area (Å²) in [5, 5.41) is 3.18. The summed E-state index contributed by atoms with van der Waals surface area (Å²) in [4.78, 5) is 14.2. The predicted molar refractivity (Wildman–Crippen MR) is 80.3 cm³/mol. The van der Waals surface area contributed by atoms with Gasteiger partial charge >= 0.3 is 5.97 Å². The summed E-state index contributed by atoms with van der Waals surface area (Å²) >= 11 is 1.67. The van der Waals surface area contributed by atoms with Gasteiger partial charge in [0.2, 0.25) is 0 Å². The first-order valence-corrected chi connectivity index (χ1v) is 8.00. The van der Waals surface area contributed by atoms with Crippen LogP contribution in [-0.4, -0.2) is 25.7 Å². The molecule has 0 aliphatic heterocycles. The molecule has 0 radical (unpaired) electrons. The largest absolute Gasteiger partial charge is 0.465 e. The number of ether oxygens (including phenoxy) is 1. The maximum absolute atomic E-state index is 11.7. The van der Waals surface area contributed by atoms with Crippen molar-refractivity contribution >= 4 is 22.3 Å². The Morgan fingerprint density at radius 1 is 1.42 bits per heavy atom. The van der Waals surface area contributed by atoms with Crippen LogP contribution in [0.3, 0.4) is 0 Å². The standard InChI is InChI=1S/C15H23NO2S/c1-4-16(12-8-6-5-7-9-12)14-11(2)13(10-19-14)15(17)18-3/h10,12H,4-9H2,1-3H3. The van der Waals surface area contributed by atoms with E-state index in [4.69, 9.17) is 4.74 Å². The molecule has 0 amide bonds. The van der Waals surface area contributed by atoms with E-state index >= 15 is 0 Å². The van der Waals surface area contributed by atoms with E-state index in [2.05, 4.69) is 11.8 Å². The third-order valence-electron chi connectivity index (χ3n) is 4.04. The van der Waals surface area contributed by atoms with Crippen molar-refractivity contribution in [3.63, 3.8) is 0 Å². The molecular formula is C15H23NO2S. The number of anilines is 1. The molecular weight excluding hydrogens is 258 g/mol. The van der Waals surface area contributed by atoms with E-state index in [9.17, 15) is 4.79 Å². The van der Waals surface area contributed by atoms with Crippen molar-refractivity contribution < 1.29 is 9.53 Å². The normalized spacial score (nSPS) is 16.4. The van der Waals surface area contributed by atoms with Gasteiger partial charge in [-0.1, -0.05) is 19.3 Å².